The van der Waals surface area contributed by atoms with Crippen molar-refractivity contribution in [2.75, 3.05) is 26.4 Å². The smallest absolute Gasteiger partial charge is 0.344 e. The number of nitrogens with zero attached hydrogens (tertiary/aromatic N) is 3. The number of carbonyl (C=O) groups excluding carboxylic acids is 4. The molecule has 2 heterocycles. The van der Waals surface area contributed by atoms with E-state index in [1.165, 1.54) is 18.2 Å². The lowest BCUT2D eigenvalue weighted by Gasteiger charge is -2.49. The highest BCUT2D eigenvalue weighted by molar-refractivity contribution is 6.33. The Labute approximate surface area is 296 Å². The standard InChI is InChI=1S/C36H42ClN3O10/c1-11-45-29(41)22-23(30(42)46-12-2)27-35(18-38,26(22)39-33(5,6)7)36(20-17-19(37)15-16-21(20)49-27)25(32(44)48-14-4)24(31(43)47-13-3)28(50-36)40-34(8,9)10/h15-17,27H,11-14H2,1-10H3/t27-,35+,36+/m0/s1. The van der Waals surface area contributed by atoms with Crippen molar-refractivity contribution in [3.63, 3.8) is 0 Å². The van der Waals surface area contributed by atoms with Gasteiger partial charge in [0.1, 0.15) is 16.9 Å². The summed E-state index contributed by atoms with van der Waals surface area (Å²) in [6, 6.07) is 6.63. The zero-order valence-electron chi connectivity index (χ0n) is 29.9. The molecule has 0 aromatic heterocycles. The van der Waals surface area contributed by atoms with Crippen molar-refractivity contribution in [1.82, 2.24) is 0 Å². The molecule has 1 aromatic rings. The van der Waals surface area contributed by atoms with E-state index >= 15 is 0 Å². The summed E-state index contributed by atoms with van der Waals surface area (Å²) in [6.07, 6.45) is -1.72. The molecule has 0 amide bonds. The fourth-order valence-corrected chi connectivity index (χ4v) is 6.41. The molecule has 0 saturated carbocycles. The lowest BCUT2D eigenvalue weighted by Crippen LogP contribution is -2.62. The number of rotatable bonds is 8. The second-order valence-electron chi connectivity index (χ2n) is 13.5. The summed E-state index contributed by atoms with van der Waals surface area (Å²) < 4.78 is 35.3. The van der Waals surface area contributed by atoms with E-state index in [0.717, 1.165) is 0 Å². The van der Waals surface area contributed by atoms with Crippen LogP contribution >= 0.6 is 11.6 Å². The molecule has 0 fully saturated rings. The van der Waals surface area contributed by atoms with Gasteiger partial charge in [-0.1, -0.05) is 11.6 Å². The predicted octanol–water partition coefficient (Wildman–Crippen LogP) is 5.13. The molecule has 0 unspecified atom stereocenters. The number of benzene rings is 1. The average Bonchev–Trinajstić information content (AvgIpc) is 3.48. The first kappa shape index (κ1) is 38.1. The van der Waals surface area contributed by atoms with Crippen LogP contribution in [0.25, 0.3) is 0 Å². The quantitative estimate of drug-likeness (QED) is 0.258. The molecule has 0 radical (unpaired) electrons. The zero-order valence-corrected chi connectivity index (χ0v) is 30.7. The Hall–Kier alpha value is -4.70. The lowest BCUT2D eigenvalue weighted by molar-refractivity contribution is -0.145. The fraction of sp³-hybridized carbons (Fsp3) is 0.528. The minimum Gasteiger partial charge on any atom is -0.483 e. The number of hydrogen-bond acceptors (Lipinski definition) is 13. The maximum atomic E-state index is 14.5. The summed E-state index contributed by atoms with van der Waals surface area (Å²) in [6.45, 7) is 16.2. The van der Waals surface area contributed by atoms with Crippen LogP contribution in [0.2, 0.25) is 5.02 Å². The maximum Gasteiger partial charge on any atom is 0.344 e. The van der Waals surface area contributed by atoms with Crippen molar-refractivity contribution in [2.24, 2.45) is 15.4 Å². The first-order chi connectivity index (χ1) is 23.4. The minimum absolute atomic E-state index is 0.00156. The Balaban J connectivity index is 2.40. The number of aliphatic imine (C=N–C) groups is 2. The van der Waals surface area contributed by atoms with E-state index in [2.05, 4.69) is 11.1 Å². The molecule has 1 aliphatic carbocycles. The highest BCUT2D eigenvalue weighted by Crippen LogP contribution is 2.65. The van der Waals surface area contributed by atoms with Gasteiger partial charge in [-0.15, -0.1) is 0 Å². The van der Waals surface area contributed by atoms with Gasteiger partial charge in [0, 0.05) is 10.6 Å². The summed E-state index contributed by atoms with van der Waals surface area (Å²) in [5, 5.41) is 11.8. The molecule has 268 valence electrons. The summed E-state index contributed by atoms with van der Waals surface area (Å²) in [5.41, 5.74) is -8.81. The maximum absolute atomic E-state index is 14.5. The van der Waals surface area contributed by atoms with Crippen molar-refractivity contribution in [1.29, 1.82) is 5.26 Å². The molecular formula is C36H42ClN3O10. The van der Waals surface area contributed by atoms with Crippen LogP contribution in [0.3, 0.4) is 0 Å². The Kier molecular flexibility index (Phi) is 10.6. The van der Waals surface area contributed by atoms with Crippen LogP contribution in [0, 0.1) is 16.7 Å². The zero-order chi connectivity index (χ0) is 37.4. The molecule has 0 N–H and O–H groups in total. The average molecular weight is 712 g/mol. The van der Waals surface area contributed by atoms with Crippen molar-refractivity contribution in [2.45, 2.75) is 92.0 Å². The lowest BCUT2D eigenvalue weighted by atomic mass is 9.59. The molecule has 14 heteroatoms. The highest BCUT2D eigenvalue weighted by atomic mass is 35.5. The Morgan fingerprint density at radius 2 is 1.34 bits per heavy atom. The fourth-order valence-electron chi connectivity index (χ4n) is 6.23. The van der Waals surface area contributed by atoms with Gasteiger partial charge in [-0.25, -0.2) is 24.2 Å². The molecule has 4 rings (SSSR count). The number of hydrogen-bond donors (Lipinski definition) is 0. The molecule has 0 bridgehead atoms. The van der Waals surface area contributed by atoms with Crippen LogP contribution in [-0.4, -0.2) is 79.1 Å². The van der Waals surface area contributed by atoms with Crippen molar-refractivity contribution >= 4 is 47.1 Å². The number of fused-ring (bicyclic) bond motifs is 4. The normalized spacial score (nSPS) is 24.3. The first-order valence-corrected chi connectivity index (χ1v) is 16.7. The van der Waals surface area contributed by atoms with Crippen LogP contribution in [-0.2, 0) is 48.5 Å². The molecular weight excluding hydrogens is 670 g/mol. The molecule has 13 nitrogen and oxygen atoms in total. The van der Waals surface area contributed by atoms with Crippen LogP contribution in [0.4, 0.5) is 0 Å². The van der Waals surface area contributed by atoms with Gasteiger partial charge in [0.2, 0.25) is 11.5 Å². The van der Waals surface area contributed by atoms with Gasteiger partial charge in [-0.05, 0) is 87.4 Å². The summed E-state index contributed by atoms with van der Waals surface area (Å²) in [4.78, 5) is 66.0. The predicted molar refractivity (Wildman–Crippen MR) is 182 cm³/mol. The third-order valence-corrected chi connectivity index (χ3v) is 7.95. The van der Waals surface area contributed by atoms with E-state index in [-0.39, 0.29) is 59.9 Å². The van der Waals surface area contributed by atoms with E-state index in [1.54, 1.807) is 69.2 Å². The third kappa shape index (κ3) is 6.25. The molecule has 3 aliphatic rings. The third-order valence-electron chi connectivity index (χ3n) is 7.72. The van der Waals surface area contributed by atoms with E-state index in [1.807, 2.05) is 0 Å². The number of ether oxygens (including phenoxy) is 6. The Bertz CT molecular complexity index is 1790. The second kappa shape index (κ2) is 13.9. The largest absolute Gasteiger partial charge is 0.483 e. The molecule has 1 aromatic carbocycles. The first-order valence-electron chi connectivity index (χ1n) is 16.3. The number of nitriles is 1. The monoisotopic (exact) mass is 711 g/mol. The van der Waals surface area contributed by atoms with Gasteiger partial charge >= 0.3 is 23.9 Å². The van der Waals surface area contributed by atoms with E-state index in [0.29, 0.717) is 0 Å². The van der Waals surface area contributed by atoms with E-state index < -0.39 is 68.8 Å². The van der Waals surface area contributed by atoms with Crippen LogP contribution < -0.4 is 4.74 Å². The van der Waals surface area contributed by atoms with Gasteiger partial charge in [-0.2, -0.15) is 5.26 Å². The molecule has 1 spiro atoms. The van der Waals surface area contributed by atoms with Crippen molar-refractivity contribution in [3.05, 3.63) is 51.1 Å². The summed E-state index contributed by atoms with van der Waals surface area (Å²) in [7, 11) is 0. The minimum atomic E-state index is -2.45. The van der Waals surface area contributed by atoms with E-state index in [4.69, 9.17) is 45.0 Å². The van der Waals surface area contributed by atoms with Gasteiger partial charge in [0.25, 0.3) is 0 Å². The van der Waals surface area contributed by atoms with E-state index in [9.17, 15) is 24.4 Å². The number of halogens is 1. The highest BCUT2D eigenvalue weighted by Gasteiger charge is 2.78. The van der Waals surface area contributed by atoms with Gasteiger partial charge in [0.15, 0.2) is 11.5 Å². The van der Waals surface area contributed by atoms with Crippen LogP contribution in [0.1, 0.15) is 74.8 Å². The Morgan fingerprint density at radius 1 is 0.820 bits per heavy atom. The second-order valence-corrected chi connectivity index (χ2v) is 13.9. The van der Waals surface area contributed by atoms with Crippen LogP contribution in [0.5, 0.6) is 5.75 Å². The molecule has 3 atom stereocenters. The SMILES string of the molecule is CCOC(=O)C1=C(C(=O)OCC)[C@@H]2Oc3ccc(Cl)cc3[C@]3(OC(=NC(C)(C)C)C(C(=O)OCC)=C3C(=O)OCC)[C@]2(C#N)C1=NC(C)(C)C. The van der Waals surface area contributed by atoms with Gasteiger partial charge in [0.05, 0.1) is 60.4 Å². The van der Waals surface area contributed by atoms with Crippen molar-refractivity contribution in [3.8, 4) is 11.8 Å². The van der Waals surface area contributed by atoms with Crippen LogP contribution in [0.15, 0.2) is 50.5 Å². The molecule has 50 heavy (non-hydrogen) atoms. The topological polar surface area (TPSA) is 172 Å². The number of esters is 4. The van der Waals surface area contributed by atoms with Gasteiger partial charge < -0.3 is 28.4 Å². The van der Waals surface area contributed by atoms with Crippen molar-refractivity contribution < 1.29 is 47.6 Å². The summed E-state index contributed by atoms with van der Waals surface area (Å²) in [5.74, 6) is -4.40. The Morgan fingerprint density at radius 3 is 1.86 bits per heavy atom. The summed E-state index contributed by atoms with van der Waals surface area (Å²) >= 11 is 6.60. The molecule has 0 saturated heterocycles. The molecule has 2 aliphatic heterocycles. The number of carbonyl (C=O) groups is 4. The van der Waals surface area contributed by atoms with Gasteiger partial charge in [-0.3, -0.25) is 4.99 Å².